The van der Waals surface area contributed by atoms with Crippen molar-refractivity contribution in [3.05, 3.63) is 18.2 Å². The molecular weight excluding hydrogens is 254 g/mol. The van der Waals surface area contributed by atoms with Crippen molar-refractivity contribution in [2.75, 3.05) is 38.3 Å². The van der Waals surface area contributed by atoms with Crippen molar-refractivity contribution in [3.8, 4) is 0 Å². The van der Waals surface area contributed by atoms with Gasteiger partial charge in [-0.05, 0) is 24.6 Å². The lowest BCUT2D eigenvalue weighted by molar-refractivity contribution is 0.292. The summed E-state index contributed by atoms with van der Waals surface area (Å²) >= 11 is 0. The zero-order valence-corrected chi connectivity index (χ0v) is 11.4. The second-order valence-corrected chi connectivity index (χ2v) is 6.19. The zero-order valence-electron chi connectivity index (χ0n) is 10.5. The second kappa shape index (κ2) is 6.03. The highest BCUT2D eigenvalue weighted by Crippen LogP contribution is 2.24. The molecule has 0 spiro atoms. The average Bonchev–Trinajstić information content (AvgIpc) is 2.31. The number of sulfonamides is 1. The normalized spacial score (nSPS) is 11.8. The van der Waals surface area contributed by atoms with Crippen molar-refractivity contribution in [1.29, 1.82) is 0 Å². The van der Waals surface area contributed by atoms with E-state index in [4.69, 9.17) is 10.8 Å². The summed E-state index contributed by atoms with van der Waals surface area (Å²) in [5, 5.41) is 11.7. The van der Waals surface area contributed by atoms with E-state index in [1.807, 2.05) is 0 Å². The number of nitrogens with zero attached hydrogens (tertiary/aromatic N) is 1. The summed E-state index contributed by atoms with van der Waals surface area (Å²) in [6, 6.07) is 4.53. The van der Waals surface area contributed by atoms with Gasteiger partial charge in [-0.3, -0.25) is 0 Å². The van der Waals surface area contributed by atoms with Gasteiger partial charge in [-0.1, -0.05) is 0 Å². The lowest BCUT2D eigenvalue weighted by Gasteiger charge is -2.14. The summed E-state index contributed by atoms with van der Waals surface area (Å²) in [6.07, 6.45) is 0.574. The van der Waals surface area contributed by atoms with Crippen LogP contribution in [0.1, 0.15) is 6.42 Å². The Kier molecular flexibility index (Phi) is 4.94. The van der Waals surface area contributed by atoms with Crippen molar-refractivity contribution in [2.45, 2.75) is 11.3 Å². The molecule has 6 nitrogen and oxygen atoms in total. The minimum atomic E-state index is -3.46. The van der Waals surface area contributed by atoms with E-state index < -0.39 is 10.0 Å². The molecule has 1 rings (SSSR count). The SMILES string of the molecule is CN(C)S(=O)(=O)c1ccc(N)c(NCCCO)c1. The number of rotatable bonds is 6. The number of nitrogens with one attached hydrogen (secondary N) is 1. The van der Waals surface area contributed by atoms with Gasteiger partial charge >= 0.3 is 0 Å². The lowest BCUT2D eigenvalue weighted by atomic mass is 10.2. The number of hydrogen-bond acceptors (Lipinski definition) is 5. The van der Waals surface area contributed by atoms with Crippen LogP contribution in [-0.2, 0) is 10.0 Å². The fourth-order valence-corrected chi connectivity index (χ4v) is 2.29. The van der Waals surface area contributed by atoms with Crippen molar-refractivity contribution in [1.82, 2.24) is 4.31 Å². The number of nitrogen functional groups attached to an aromatic ring is 1. The van der Waals surface area contributed by atoms with Gasteiger partial charge in [-0.2, -0.15) is 0 Å². The number of hydrogen-bond donors (Lipinski definition) is 3. The molecule has 0 aromatic heterocycles. The van der Waals surface area contributed by atoms with Crippen LogP contribution in [0.15, 0.2) is 23.1 Å². The van der Waals surface area contributed by atoms with Crippen LogP contribution >= 0.6 is 0 Å². The van der Waals surface area contributed by atoms with Crippen LogP contribution in [0.4, 0.5) is 11.4 Å². The summed E-state index contributed by atoms with van der Waals surface area (Å²) in [4.78, 5) is 0.188. The molecule has 102 valence electrons. The van der Waals surface area contributed by atoms with Gasteiger partial charge < -0.3 is 16.2 Å². The Bertz CT molecular complexity index is 500. The van der Waals surface area contributed by atoms with Crippen LogP contribution in [0, 0.1) is 0 Å². The minimum absolute atomic E-state index is 0.0720. The molecule has 0 aliphatic carbocycles. The summed E-state index contributed by atoms with van der Waals surface area (Å²) in [5.41, 5.74) is 6.80. The third-order valence-corrected chi connectivity index (χ3v) is 4.26. The van der Waals surface area contributed by atoms with Gasteiger partial charge in [0.2, 0.25) is 10.0 Å². The predicted molar refractivity (Wildman–Crippen MR) is 71.9 cm³/mol. The maximum absolute atomic E-state index is 11.9. The molecule has 0 amide bonds. The molecule has 0 saturated carbocycles. The Balaban J connectivity index is 3.01. The van der Waals surface area contributed by atoms with E-state index in [-0.39, 0.29) is 11.5 Å². The third kappa shape index (κ3) is 3.34. The molecule has 0 bridgehead atoms. The van der Waals surface area contributed by atoms with Crippen LogP contribution in [0.5, 0.6) is 0 Å². The third-order valence-electron chi connectivity index (χ3n) is 2.45. The minimum Gasteiger partial charge on any atom is -0.397 e. The second-order valence-electron chi connectivity index (χ2n) is 4.04. The Morgan fingerprint density at radius 3 is 2.61 bits per heavy atom. The van der Waals surface area contributed by atoms with Gasteiger partial charge in [0.25, 0.3) is 0 Å². The van der Waals surface area contributed by atoms with Crippen molar-refractivity contribution >= 4 is 21.4 Å². The monoisotopic (exact) mass is 273 g/mol. The highest BCUT2D eigenvalue weighted by Gasteiger charge is 2.18. The quantitative estimate of drug-likeness (QED) is 0.512. The van der Waals surface area contributed by atoms with Crippen molar-refractivity contribution in [2.24, 2.45) is 0 Å². The first-order valence-corrected chi connectivity index (χ1v) is 7.00. The highest BCUT2D eigenvalue weighted by molar-refractivity contribution is 7.89. The molecular formula is C11H19N3O3S. The first-order valence-electron chi connectivity index (χ1n) is 5.56. The van der Waals surface area contributed by atoms with Crippen molar-refractivity contribution in [3.63, 3.8) is 0 Å². The molecule has 0 fully saturated rings. The first kappa shape index (κ1) is 14.7. The average molecular weight is 273 g/mol. The molecule has 18 heavy (non-hydrogen) atoms. The zero-order chi connectivity index (χ0) is 13.8. The fourth-order valence-electron chi connectivity index (χ4n) is 1.36. The summed E-state index contributed by atoms with van der Waals surface area (Å²) in [5.74, 6) is 0. The van der Waals surface area contributed by atoms with E-state index in [0.717, 1.165) is 4.31 Å². The first-order chi connectivity index (χ1) is 8.39. The van der Waals surface area contributed by atoms with Gasteiger partial charge in [0.05, 0.1) is 16.3 Å². The van der Waals surface area contributed by atoms with Crippen molar-refractivity contribution < 1.29 is 13.5 Å². The number of aliphatic hydroxyl groups excluding tert-OH is 1. The smallest absolute Gasteiger partial charge is 0.242 e. The molecule has 0 aliphatic heterocycles. The van der Waals surface area contributed by atoms with Gasteiger partial charge in [-0.25, -0.2) is 12.7 Å². The van der Waals surface area contributed by atoms with E-state index in [1.54, 1.807) is 6.07 Å². The molecule has 0 aliphatic rings. The van der Waals surface area contributed by atoms with Gasteiger partial charge in [0.15, 0.2) is 0 Å². The highest BCUT2D eigenvalue weighted by atomic mass is 32.2. The molecule has 0 atom stereocenters. The van der Waals surface area contributed by atoms with Crippen LogP contribution in [0.2, 0.25) is 0 Å². The van der Waals surface area contributed by atoms with Crippen LogP contribution in [0.3, 0.4) is 0 Å². The van der Waals surface area contributed by atoms with Gasteiger partial charge in [0, 0.05) is 27.2 Å². The summed E-state index contributed by atoms with van der Waals surface area (Å²) in [7, 11) is -0.505. The Morgan fingerprint density at radius 1 is 1.39 bits per heavy atom. The molecule has 0 saturated heterocycles. The molecule has 0 unspecified atom stereocenters. The van der Waals surface area contributed by atoms with E-state index in [9.17, 15) is 8.42 Å². The molecule has 0 radical (unpaired) electrons. The summed E-state index contributed by atoms with van der Waals surface area (Å²) in [6.45, 7) is 0.606. The molecule has 1 aromatic carbocycles. The molecule has 0 heterocycles. The molecule has 4 N–H and O–H groups in total. The Morgan fingerprint density at radius 2 is 2.06 bits per heavy atom. The van der Waals surface area contributed by atoms with Crippen LogP contribution in [0.25, 0.3) is 0 Å². The molecule has 1 aromatic rings. The van der Waals surface area contributed by atoms with Gasteiger partial charge in [0.1, 0.15) is 0 Å². The number of aliphatic hydroxyl groups is 1. The number of nitrogens with two attached hydrogens (primary N) is 1. The Labute approximate surface area is 107 Å². The molecule has 7 heteroatoms. The maximum Gasteiger partial charge on any atom is 0.242 e. The van der Waals surface area contributed by atoms with E-state index in [0.29, 0.717) is 24.3 Å². The lowest BCUT2D eigenvalue weighted by Crippen LogP contribution is -2.22. The van der Waals surface area contributed by atoms with E-state index in [2.05, 4.69) is 5.32 Å². The maximum atomic E-state index is 11.9. The van der Waals surface area contributed by atoms with E-state index in [1.165, 1.54) is 26.2 Å². The van der Waals surface area contributed by atoms with Crippen LogP contribution in [-0.4, -0.2) is 45.1 Å². The summed E-state index contributed by atoms with van der Waals surface area (Å²) < 4.78 is 25.0. The number of benzene rings is 1. The largest absolute Gasteiger partial charge is 0.397 e. The standard InChI is InChI=1S/C11H19N3O3S/c1-14(2)18(16,17)9-4-5-10(12)11(8-9)13-6-3-7-15/h4-5,8,13,15H,3,6-7,12H2,1-2H3. The van der Waals surface area contributed by atoms with E-state index >= 15 is 0 Å². The topological polar surface area (TPSA) is 95.7 Å². The van der Waals surface area contributed by atoms with Crippen LogP contribution < -0.4 is 11.1 Å². The Hall–Kier alpha value is -1.31. The number of anilines is 2. The van der Waals surface area contributed by atoms with Gasteiger partial charge in [-0.15, -0.1) is 0 Å². The predicted octanol–water partition coefficient (Wildman–Crippen LogP) is 0.313. The fraction of sp³-hybridized carbons (Fsp3) is 0.455.